The average Bonchev–Trinajstić information content (AvgIpc) is 3.42. The third-order valence-electron chi connectivity index (χ3n) is 7.78. The maximum absolute atomic E-state index is 2.55. The van der Waals surface area contributed by atoms with Crippen molar-refractivity contribution in [2.75, 3.05) is 0 Å². The van der Waals surface area contributed by atoms with Crippen LogP contribution in [-0.4, -0.2) is 0 Å². The van der Waals surface area contributed by atoms with Gasteiger partial charge in [0.15, 0.2) is 0 Å². The van der Waals surface area contributed by atoms with Gasteiger partial charge in [-0.2, -0.15) is 0 Å². The van der Waals surface area contributed by atoms with Gasteiger partial charge in [0.05, 0.1) is 0 Å². The van der Waals surface area contributed by atoms with E-state index in [1.807, 2.05) is 17.7 Å². The molecule has 3 heteroatoms. The van der Waals surface area contributed by atoms with Crippen molar-refractivity contribution in [2.24, 2.45) is 10.8 Å². The first-order chi connectivity index (χ1) is 12.2. The van der Waals surface area contributed by atoms with Gasteiger partial charge in [0.25, 0.3) is 0 Å². The Hall–Kier alpha value is 0.423. The Balaban J connectivity index is 0.00000131. The normalized spacial score (nSPS) is 25.0. The molecule has 2 fully saturated rings. The van der Waals surface area contributed by atoms with E-state index in [1.165, 1.54) is 77.0 Å². The number of allylic oxidation sites excluding steroid dienone is 8. The van der Waals surface area contributed by atoms with Crippen LogP contribution >= 0.6 is 0 Å². The van der Waals surface area contributed by atoms with Crippen LogP contribution in [0.4, 0.5) is 0 Å². The summed E-state index contributed by atoms with van der Waals surface area (Å²) in [5, 5.41) is 0. The van der Waals surface area contributed by atoms with Crippen LogP contribution in [-0.2, 0) is 23.2 Å². The summed E-state index contributed by atoms with van der Waals surface area (Å²) in [4.78, 5) is 0. The molecule has 4 aliphatic rings. The third kappa shape index (κ3) is 4.32. The summed E-state index contributed by atoms with van der Waals surface area (Å²) in [7, 11) is 0. The minimum Gasteiger partial charge on any atom is -1.00 e. The number of hydrogen-bond donors (Lipinski definition) is 0. The van der Waals surface area contributed by atoms with E-state index >= 15 is 0 Å². The fourth-order valence-electron chi connectivity index (χ4n) is 6.15. The Labute approximate surface area is 190 Å². The van der Waals surface area contributed by atoms with Crippen LogP contribution in [0.25, 0.3) is 0 Å². The van der Waals surface area contributed by atoms with Gasteiger partial charge >= 0.3 is 167 Å². The van der Waals surface area contributed by atoms with Crippen molar-refractivity contribution in [2.45, 2.75) is 90.9 Å². The molecule has 0 amide bonds. The maximum Gasteiger partial charge on any atom is -1.00 e. The van der Waals surface area contributed by atoms with Gasteiger partial charge in [-0.1, -0.05) is 0 Å². The monoisotopic (exact) mass is 482 g/mol. The minimum atomic E-state index is -0.596. The van der Waals surface area contributed by atoms with Crippen LogP contribution in [0.3, 0.4) is 0 Å². The van der Waals surface area contributed by atoms with Crippen LogP contribution in [0, 0.1) is 10.8 Å². The molecule has 0 atom stereocenters. The molecule has 2 saturated carbocycles. The Bertz CT molecular complexity index is 585. The van der Waals surface area contributed by atoms with Crippen molar-refractivity contribution in [3.05, 3.63) is 42.0 Å². The fraction of sp³-hybridized carbons (Fsp3) is 0.667. The molecule has 4 aliphatic carbocycles. The van der Waals surface area contributed by atoms with Crippen LogP contribution in [0.2, 0.25) is 0 Å². The molecule has 0 bridgehead atoms. The number of hydrogen-bond acceptors (Lipinski definition) is 0. The summed E-state index contributed by atoms with van der Waals surface area (Å²) in [6.45, 7) is 4.89. The predicted octanol–water partition coefficient (Wildman–Crippen LogP) is 1.45. The van der Waals surface area contributed by atoms with Crippen molar-refractivity contribution in [3.63, 3.8) is 0 Å². The second-order valence-corrected chi connectivity index (χ2v) is 12.4. The molecule has 0 nitrogen and oxygen atoms in total. The van der Waals surface area contributed by atoms with Crippen LogP contribution in [0.15, 0.2) is 42.0 Å². The van der Waals surface area contributed by atoms with Gasteiger partial charge in [0.1, 0.15) is 0 Å². The van der Waals surface area contributed by atoms with Gasteiger partial charge in [0, 0.05) is 0 Å². The van der Waals surface area contributed by atoms with Crippen molar-refractivity contribution in [1.82, 2.24) is 0 Å². The zero-order chi connectivity index (χ0) is 17.3. The molecular formula is C24H34Cl2Zr. The van der Waals surface area contributed by atoms with Crippen molar-refractivity contribution in [3.8, 4) is 0 Å². The quantitative estimate of drug-likeness (QED) is 0.536. The first-order valence-corrected chi connectivity index (χ1v) is 13.3. The molecule has 0 N–H and O–H groups in total. The Kier molecular flexibility index (Phi) is 8.74. The van der Waals surface area contributed by atoms with E-state index in [1.54, 1.807) is 0 Å². The summed E-state index contributed by atoms with van der Waals surface area (Å²) in [5.74, 6) is 0. The second kappa shape index (κ2) is 9.95. The molecule has 148 valence electrons. The number of halogens is 2. The molecule has 0 aromatic rings. The molecule has 0 heterocycles. The van der Waals surface area contributed by atoms with Crippen molar-refractivity contribution >= 4 is 0 Å². The maximum atomic E-state index is 2.55. The first-order valence-electron chi connectivity index (χ1n) is 10.8. The third-order valence-corrected chi connectivity index (χ3v) is 11.6. The fourth-order valence-corrected chi connectivity index (χ4v) is 10.5. The molecule has 0 radical (unpaired) electrons. The smallest absolute Gasteiger partial charge is 1.00 e. The minimum absolute atomic E-state index is 0. The van der Waals surface area contributed by atoms with Crippen LogP contribution < -0.4 is 24.8 Å². The van der Waals surface area contributed by atoms with Gasteiger partial charge in [0.2, 0.25) is 0 Å². The topological polar surface area (TPSA) is 0 Å². The zero-order valence-corrected chi connectivity index (χ0v) is 21.0. The van der Waals surface area contributed by atoms with E-state index < -0.39 is 23.2 Å². The van der Waals surface area contributed by atoms with Crippen LogP contribution in [0.1, 0.15) is 90.9 Å². The second-order valence-electron chi connectivity index (χ2n) is 8.80. The average molecular weight is 485 g/mol. The summed E-state index contributed by atoms with van der Waals surface area (Å²) < 4.78 is 3.88. The molecule has 0 spiro atoms. The zero-order valence-electron chi connectivity index (χ0n) is 17.1. The van der Waals surface area contributed by atoms with E-state index in [9.17, 15) is 0 Å². The van der Waals surface area contributed by atoms with E-state index in [4.69, 9.17) is 0 Å². The summed E-state index contributed by atoms with van der Waals surface area (Å²) in [6, 6.07) is 0. The predicted molar refractivity (Wildman–Crippen MR) is 104 cm³/mol. The van der Waals surface area contributed by atoms with Gasteiger partial charge < -0.3 is 24.8 Å². The van der Waals surface area contributed by atoms with Crippen molar-refractivity contribution < 1.29 is 48.0 Å². The molecule has 0 unspecified atom stereocenters. The molecule has 0 aromatic heterocycles. The first kappa shape index (κ1) is 23.7. The molecule has 0 aromatic carbocycles. The molecule has 4 rings (SSSR count). The Morgan fingerprint density at radius 3 is 1.41 bits per heavy atom. The number of rotatable bonds is 6. The standard InChI is InChI=1S/2C12H17.2ClH.Zr/c2*1-2-12(9-5-6-10-12)11-7-3-4-8-11;;;/h2*3,7H,2,4-6,9-10H2,1H3;2*1H;/q;;;;+2/p-2. The van der Waals surface area contributed by atoms with Gasteiger partial charge in [-0.05, 0) is 0 Å². The Morgan fingerprint density at radius 1 is 0.704 bits per heavy atom. The van der Waals surface area contributed by atoms with Gasteiger partial charge in [-0.25, -0.2) is 0 Å². The van der Waals surface area contributed by atoms with Gasteiger partial charge in [-0.3, -0.25) is 0 Å². The summed E-state index contributed by atoms with van der Waals surface area (Å²) >= 11 is -0.596. The summed E-state index contributed by atoms with van der Waals surface area (Å²) in [5.41, 5.74) is 4.78. The molecule has 0 aliphatic heterocycles. The largest absolute Gasteiger partial charge is 1.00 e. The van der Waals surface area contributed by atoms with E-state index in [0.717, 1.165) is 0 Å². The molecule has 0 saturated heterocycles. The Morgan fingerprint density at radius 2 is 1.07 bits per heavy atom. The van der Waals surface area contributed by atoms with Crippen molar-refractivity contribution in [1.29, 1.82) is 0 Å². The SMILES string of the molecule is CCC1(C2=[C]([Zr+2][C]3=C(C4(CC)CCCC4)C=CC3)CC=C2)CCCC1.[Cl-].[Cl-]. The van der Waals surface area contributed by atoms with Crippen LogP contribution in [0.5, 0.6) is 0 Å². The van der Waals surface area contributed by atoms with Gasteiger partial charge in [-0.15, -0.1) is 0 Å². The van der Waals surface area contributed by atoms with E-state index in [0.29, 0.717) is 10.8 Å². The van der Waals surface area contributed by atoms with E-state index in [2.05, 4.69) is 38.2 Å². The summed E-state index contributed by atoms with van der Waals surface area (Å²) in [6.07, 6.45) is 27.0. The van der Waals surface area contributed by atoms with E-state index in [-0.39, 0.29) is 24.8 Å². The molecule has 27 heavy (non-hydrogen) atoms. The molecular weight excluding hydrogens is 450 g/mol.